The number of carbonyl (C=O) groups is 1. The van der Waals surface area contributed by atoms with E-state index in [4.69, 9.17) is 21.7 Å². The number of hydrogen-bond donors (Lipinski definition) is 2. The number of nitrogens with one attached hydrogen (secondary N) is 2. The number of rotatable bonds is 7. The predicted octanol–water partition coefficient (Wildman–Crippen LogP) is 3.00. The van der Waals surface area contributed by atoms with Gasteiger partial charge in [-0.1, -0.05) is 31.7 Å². The topological polar surface area (TPSA) is 59.6 Å². The molecule has 0 aromatic heterocycles. The van der Waals surface area contributed by atoms with Crippen molar-refractivity contribution in [1.29, 1.82) is 0 Å². The largest absolute Gasteiger partial charge is 0.494 e. The van der Waals surface area contributed by atoms with Crippen LogP contribution in [-0.2, 0) is 9.53 Å². The summed E-state index contributed by atoms with van der Waals surface area (Å²) in [6.45, 7) is 8.27. The lowest BCUT2D eigenvalue weighted by atomic mass is 9.95. The van der Waals surface area contributed by atoms with Crippen LogP contribution in [0.4, 0.5) is 0 Å². The Kier molecular flexibility index (Phi) is 6.37. The zero-order valence-electron chi connectivity index (χ0n) is 13.9. The van der Waals surface area contributed by atoms with Crippen molar-refractivity contribution < 1.29 is 14.3 Å². The van der Waals surface area contributed by atoms with Gasteiger partial charge < -0.3 is 20.1 Å². The molecule has 2 rings (SSSR count). The molecule has 1 heterocycles. The second kappa shape index (κ2) is 8.49. The van der Waals surface area contributed by atoms with Crippen LogP contribution in [0.2, 0.25) is 0 Å². The van der Waals surface area contributed by atoms with Gasteiger partial charge in [0.15, 0.2) is 5.11 Å². The van der Waals surface area contributed by atoms with Gasteiger partial charge in [-0.2, -0.15) is 0 Å². The monoisotopic (exact) mass is 346 g/mol. The third-order valence-corrected chi connectivity index (χ3v) is 3.73. The first kappa shape index (κ1) is 18.0. The smallest absolute Gasteiger partial charge is 0.338 e. The van der Waals surface area contributed by atoms with E-state index in [9.17, 15) is 4.79 Å². The number of thiocarbonyl (C=S) groups is 1. The van der Waals surface area contributed by atoms with Crippen LogP contribution < -0.4 is 15.4 Å². The second-order valence-corrected chi connectivity index (χ2v) is 5.78. The summed E-state index contributed by atoms with van der Waals surface area (Å²) in [4.78, 5) is 12.4. The van der Waals surface area contributed by atoms with Gasteiger partial charge in [-0.25, -0.2) is 4.79 Å². The van der Waals surface area contributed by atoms with Gasteiger partial charge in [-0.15, -0.1) is 0 Å². The highest BCUT2D eigenvalue weighted by molar-refractivity contribution is 7.80. The van der Waals surface area contributed by atoms with E-state index in [0.29, 0.717) is 23.0 Å². The third kappa shape index (κ3) is 4.35. The third-order valence-electron chi connectivity index (χ3n) is 3.51. The summed E-state index contributed by atoms with van der Waals surface area (Å²) in [5, 5.41) is 6.58. The Morgan fingerprint density at radius 1 is 1.38 bits per heavy atom. The van der Waals surface area contributed by atoms with Crippen molar-refractivity contribution in [2.24, 2.45) is 0 Å². The molecule has 1 atom stereocenters. The summed E-state index contributed by atoms with van der Waals surface area (Å²) in [5.41, 5.74) is 2.10. The van der Waals surface area contributed by atoms with Crippen LogP contribution in [0.5, 0.6) is 5.75 Å². The van der Waals surface area contributed by atoms with Crippen LogP contribution in [0, 0.1) is 0 Å². The van der Waals surface area contributed by atoms with Crippen LogP contribution in [0.1, 0.15) is 31.9 Å². The number of allylic oxidation sites excluding steroid dienone is 1. The first-order valence-corrected chi connectivity index (χ1v) is 8.26. The van der Waals surface area contributed by atoms with Crippen LogP contribution in [-0.4, -0.2) is 24.3 Å². The van der Waals surface area contributed by atoms with E-state index in [0.717, 1.165) is 17.7 Å². The van der Waals surface area contributed by atoms with Crippen molar-refractivity contribution in [2.45, 2.75) is 26.3 Å². The first-order valence-electron chi connectivity index (χ1n) is 7.85. The average molecular weight is 346 g/mol. The standard InChI is InChI=1S/C18H22N2O3S/c1-4-10-22-14-8-6-13(7-9-14)16-15(17(21)23-11-5-2)12(3)19-18(24)20-16/h5-9,16H,2,4,10-11H2,1,3H3,(H2,19,20,24)/t16-/m0/s1. The average Bonchev–Trinajstić information content (AvgIpc) is 2.57. The molecule has 1 aliphatic heterocycles. The van der Waals surface area contributed by atoms with Crippen molar-refractivity contribution in [2.75, 3.05) is 13.2 Å². The molecule has 1 aromatic carbocycles. The van der Waals surface area contributed by atoms with Crippen LogP contribution in [0.25, 0.3) is 0 Å². The molecule has 128 valence electrons. The Labute approximate surface area is 147 Å². The Balaban J connectivity index is 2.27. The van der Waals surface area contributed by atoms with Crippen molar-refractivity contribution >= 4 is 23.3 Å². The van der Waals surface area contributed by atoms with Gasteiger partial charge >= 0.3 is 5.97 Å². The van der Waals surface area contributed by atoms with Crippen molar-refractivity contribution in [3.63, 3.8) is 0 Å². The summed E-state index contributed by atoms with van der Waals surface area (Å²) >= 11 is 5.22. The lowest BCUT2D eigenvalue weighted by molar-refractivity contribution is -0.138. The van der Waals surface area contributed by atoms with Gasteiger partial charge in [0.1, 0.15) is 12.4 Å². The van der Waals surface area contributed by atoms with Gasteiger partial charge in [0, 0.05) is 5.70 Å². The maximum Gasteiger partial charge on any atom is 0.338 e. The van der Waals surface area contributed by atoms with Crippen molar-refractivity contribution in [3.8, 4) is 5.75 Å². The van der Waals surface area contributed by atoms with Crippen LogP contribution in [0.15, 0.2) is 48.2 Å². The number of carbonyl (C=O) groups excluding carboxylic acids is 1. The zero-order chi connectivity index (χ0) is 17.5. The molecule has 1 aromatic rings. The zero-order valence-corrected chi connectivity index (χ0v) is 14.7. The second-order valence-electron chi connectivity index (χ2n) is 5.37. The molecule has 24 heavy (non-hydrogen) atoms. The molecule has 0 spiro atoms. The predicted molar refractivity (Wildman–Crippen MR) is 97.7 cm³/mol. The summed E-state index contributed by atoms with van der Waals surface area (Å²) in [5.74, 6) is 0.403. The molecule has 6 heteroatoms. The maximum absolute atomic E-state index is 12.4. The van der Waals surface area contributed by atoms with Gasteiger partial charge in [0.25, 0.3) is 0 Å². The summed E-state index contributed by atoms with van der Waals surface area (Å²) in [6.07, 6.45) is 2.49. The fourth-order valence-electron chi connectivity index (χ4n) is 2.40. The SMILES string of the molecule is C=CCOC(=O)C1=C(C)NC(=S)N[C@H]1c1ccc(OCCC)cc1. The summed E-state index contributed by atoms with van der Waals surface area (Å²) in [6, 6.07) is 7.26. The van der Waals surface area contributed by atoms with Gasteiger partial charge in [0.05, 0.1) is 18.2 Å². The molecule has 0 bridgehead atoms. The molecule has 0 saturated heterocycles. The highest BCUT2D eigenvalue weighted by atomic mass is 32.1. The molecule has 2 N–H and O–H groups in total. The Hall–Kier alpha value is -2.34. The van der Waals surface area contributed by atoms with E-state index in [2.05, 4.69) is 24.1 Å². The molecule has 1 aliphatic rings. The minimum absolute atomic E-state index is 0.163. The van der Waals surface area contributed by atoms with E-state index in [1.165, 1.54) is 6.08 Å². The Morgan fingerprint density at radius 3 is 2.71 bits per heavy atom. The number of benzene rings is 1. The maximum atomic E-state index is 12.4. The summed E-state index contributed by atoms with van der Waals surface area (Å²) < 4.78 is 10.8. The first-order chi connectivity index (χ1) is 11.6. The lowest BCUT2D eigenvalue weighted by Gasteiger charge is -2.29. The fourth-order valence-corrected chi connectivity index (χ4v) is 2.67. The van der Waals surface area contributed by atoms with Crippen molar-refractivity contribution in [3.05, 3.63) is 53.8 Å². The highest BCUT2D eigenvalue weighted by Gasteiger charge is 2.30. The molecule has 0 radical (unpaired) electrons. The minimum Gasteiger partial charge on any atom is -0.494 e. The van der Waals surface area contributed by atoms with Crippen LogP contribution in [0.3, 0.4) is 0 Å². The quantitative estimate of drug-likeness (QED) is 0.450. The minimum atomic E-state index is -0.397. The molecule has 0 amide bonds. The lowest BCUT2D eigenvalue weighted by Crippen LogP contribution is -2.45. The molecule has 0 unspecified atom stereocenters. The van der Waals surface area contributed by atoms with Crippen LogP contribution >= 0.6 is 12.2 Å². The van der Waals surface area contributed by atoms with E-state index in [1.54, 1.807) is 0 Å². The molecular weight excluding hydrogens is 324 g/mol. The molecule has 0 saturated carbocycles. The number of ether oxygens (including phenoxy) is 2. The number of esters is 1. The normalized spacial score (nSPS) is 16.9. The van der Waals surface area contributed by atoms with E-state index in [-0.39, 0.29) is 12.6 Å². The Morgan fingerprint density at radius 2 is 2.08 bits per heavy atom. The summed E-state index contributed by atoms with van der Waals surface area (Å²) in [7, 11) is 0. The van der Waals surface area contributed by atoms with Gasteiger partial charge in [-0.3, -0.25) is 0 Å². The molecule has 0 aliphatic carbocycles. The van der Waals surface area contributed by atoms with E-state index < -0.39 is 5.97 Å². The Bertz CT molecular complexity index is 653. The van der Waals surface area contributed by atoms with Gasteiger partial charge in [0.2, 0.25) is 0 Å². The fraction of sp³-hybridized carbons (Fsp3) is 0.333. The molecular formula is C18H22N2O3S. The van der Waals surface area contributed by atoms with Crippen molar-refractivity contribution in [1.82, 2.24) is 10.6 Å². The van der Waals surface area contributed by atoms with E-state index >= 15 is 0 Å². The number of hydrogen-bond acceptors (Lipinski definition) is 4. The molecule has 0 fully saturated rings. The highest BCUT2D eigenvalue weighted by Crippen LogP contribution is 2.28. The molecule has 5 nitrogen and oxygen atoms in total. The van der Waals surface area contributed by atoms with E-state index in [1.807, 2.05) is 31.2 Å². The van der Waals surface area contributed by atoms with Gasteiger partial charge in [-0.05, 0) is 43.3 Å².